The topological polar surface area (TPSA) is 65.1 Å². The summed E-state index contributed by atoms with van der Waals surface area (Å²) >= 11 is 1.36. The third kappa shape index (κ3) is 9.41. The van der Waals surface area contributed by atoms with Crippen LogP contribution in [0.4, 0.5) is 4.79 Å². The van der Waals surface area contributed by atoms with Gasteiger partial charge in [0.15, 0.2) is 5.79 Å². The summed E-state index contributed by atoms with van der Waals surface area (Å²) in [5.74, 6) is -0.176. The molecule has 0 aromatic heterocycles. The standard InChI is InChI=1S/C31H51NO5S/c1-5-6-7-8-9-10-11-14-19-32-28(23-38-30(32)34)31(35-4)22-27-21-26(37-31)18-17-24(2)15-12-13-16-25(3)20-29(33)36-27/h12,15,20,24,26-28H,5-11,13-14,16-19,21-23H2,1-4H3/b15-12-,25-20-/t24-,26-,27-,28+,31-/m1/s1. The molecular weight excluding hydrogens is 498 g/mol. The Hall–Kier alpha value is -1.31. The number of methoxy groups -OCH3 is 1. The lowest BCUT2D eigenvalue weighted by atomic mass is 9.89. The molecule has 38 heavy (non-hydrogen) atoms. The lowest BCUT2D eigenvalue weighted by molar-refractivity contribution is -0.305. The first-order chi connectivity index (χ1) is 18.4. The summed E-state index contributed by atoms with van der Waals surface area (Å²) in [5, 5.41) is 0.105. The molecule has 3 rings (SSSR count). The number of unbranched alkanes of at least 4 members (excludes halogenated alkanes) is 7. The number of allylic oxidation sites excluding steroid dienone is 3. The second-order valence-corrected chi connectivity index (χ2v) is 12.5. The van der Waals surface area contributed by atoms with Crippen LogP contribution in [0.2, 0.25) is 0 Å². The van der Waals surface area contributed by atoms with Gasteiger partial charge in [0.1, 0.15) is 6.10 Å². The molecule has 0 unspecified atom stereocenters. The minimum atomic E-state index is -0.970. The first-order valence-corrected chi connectivity index (χ1v) is 16.1. The third-order valence-electron chi connectivity index (χ3n) is 8.25. The molecule has 0 aliphatic carbocycles. The van der Waals surface area contributed by atoms with Crippen LogP contribution in [-0.4, -0.2) is 59.6 Å². The molecule has 2 saturated heterocycles. The van der Waals surface area contributed by atoms with E-state index in [1.54, 1.807) is 13.2 Å². The van der Waals surface area contributed by atoms with Gasteiger partial charge in [-0.15, -0.1) is 0 Å². The van der Waals surface area contributed by atoms with Crippen LogP contribution in [0.15, 0.2) is 23.8 Å². The van der Waals surface area contributed by atoms with Gasteiger partial charge in [-0.05, 0) is 44.9 Å². The second kappa shape index (κ2) is 16.1. The van der Waals surface area contributed by atoms with Gasteiger partial charge in [0.05, 0.1) is 12.1 Å². The number of carbonyl (C=O) groups is 2. The number of rotatable bonds is 11. The maximum absolute atomic E-state index is 13.0. The third-order valence-corrected chi connectivity index (χ3v) is 9.21. The van der Waals surface area contributed by atoms with E-state index in [1.165, 1.54) is 50.3 Å². The van der Waals surface area contributed by atoms with Crippen LogP contribution in [0.25, 0.3) is 0 Å². The van der Waals surface area contributed by atoms with Crippen LogP contribution < -0.4 is 0 Å². The number of carbonyl (C=O) groups excluding carboxylic acids is 2. The van der Waals surface area contributed by atoms with E-state index >= 15 is 0 Å². The van der Waals surface area contributed by atoms with Gasteiger partial charge in [-0.3, -0.25) is 4.79 Å². The minimum Gasteiger partial charge on any atom is -0.459 e. The monoisotopic (exact) mass is 549 g/mol. The second-order valence-electron chi connectivity index (χ2n) is 11.5. The van der Waals surface area contributed by atoms with Crippen LogP contribution in [0, 0.1) is 5.92 Å². The van der Waals surface area contributed by atoms with Crippen molar-refractivity contribution in [3.05, 3.63) is 23.8 Å². The van der Waals surface area contributed by atoms with Crippen molar-refractivity contribution in [1.29, 1.82) is 0 Å². The molecule has 0 aromatic rings. The zero-order valence-corrected chi connectivity index (χ0v) is 25.1. The highest BCUT2D eigenvalue weighted by Gasteiger charge is 2.54. The largest absolute Gasteiger partial charge is 0.459 e. The lowest BCUT2D eigenvalue weighted by Crippen LogP contribution is -2.60. The molecule has 3 heterocycles. The van der Waals surface area contributed by atoms with Crippen molar-refractivity contribution < 1.29 is 23.8 Å². The van der Waals surface area contributed by atoms with Crippen molar-refractivity contribution in [1.82, 2.24) is 4.90 Å². The van der Waals surface area contributed by atoms with Gasteiger partial charge in [-0.25, -0.2) is 4.79 Å². The van der Waals surface area contributed by atoms with Crippen LogP contribution in [0.3, 0.4) is 0 Å². The zero-order chi connectivity index (χ0) is 27.4. The summed E-state index contributed by atoms with van der Waals surface area (Å²) in [6, 6.07) is -0.188. The fraction of sp³-hybridized carbons (Fsp3) is 0.806. The first kappa shape index (κ1) is 31.2. The Morgan fingerprint density at radius 3 is 2.55 bits per heavy atom. The van der Waals surface area contributed by atoms with E-state index in [2.05, 4.69) is 26.0 Å². The molecule has 2 bridgehead atoms. The molecule has 0 radical (unpaired) electrons. The summed E-state index contributed by atoms with van der Waals surface area (Å²) in [6.07, 6.45) is 20.3. The maximum atomic E-state index is 13.0. The van der Waals surface area contributed by atoms with Crippen LogP contribution >= 0.6 is 11.8 Å². The summed E-state index contributed by atoms with van der Waals surface area (Å²) in [5.41, 5.74) is 1.03. The highest BCUT2D eigenvalue weighted by molar-refractivity contribution is 8.13. The van der Waals surface area contributed by atoms with Gasteiger partial charge in [-0.1, -0.05) is 88.3 Å². The molecule has 0 saturated carbocycles. The number of hydrogen-bond donors (Lipinski definition) is 0. The van der Waals surface area contributed by atoms with E-state index in [-0.39, 0.29) is 29.5 Å². The first-order valence-electron chi connectivity index (χ1n) is 15.1. The smallest absolute Gasteiger partial charge is 0.330 e. The molecule has 6 nitrogen and oxygen atoms in total. The fourth-order valence-electron chi connectivity index (χ4n) is 5.95. The van der Waals surface area contributed by atoms with E-state index < -0.39 is 5.79 Å². The predicted molar refractivity (Wildman–Crippen MR) is 155 cm³/mol. The number of nitrogens with zero attached hydrogens (tertiary/aromatic N) is 1. The maximum Gasteiger partial charge on any atom is 0.330 e. The Labute approximate surface area is 235 Å². The van der Waals surface area contributed by atoms with Gasteiger partial charge in [0, 0.05) is 38.3 Å². The van der Waals surface area contributed by atoms with Crippen molar-refractivity contribution in [2.75, 3.05) is 19.4 Å². The average Bonchev–Trinajstić information content (AvgIpc) is 3.26. The summed E-state index contributed by atoms with van der Waals surface area (Å²) in [6.45, 7) is 7.20. The highest BCUT2D eigenvalue weighted by atomic mass is 32.2. The lowest BCUT2D eigenvalue weighted by Gasteiger charge is -2.48. The number of hydrogen-bond acceptors (Lipinski definition) is 6. The number of fused-ring (bicyclic) bond motifs is 2. The van der Waals surface area contributed by atoms with Crippen molar-refractivity contribution in [3.63, 3.8) is 0 Å². The fourth-order valence-corrected chi connectivity index (χ4v) is 7.07. The molecule has 7 heteroatoms. The molecule has 5 atom stereocenters. The van der Waals surface area contributed by atoms with E-state index in [0.29, 0.717) is 24.5 Å². The minimum absolute atomic E-state index is 0.0870. The van der Waals surface area contributed by atoms with E-state index in [0.717, 1.165) is 50.6 Å². The molecule has 216 valence electrons. The van der Waals surface area contributed by atoms with Gasteiger partial charge in [0.2, 0.25) is 0 Å². The molecule has 0 spiro atoms. The summed E-state index contributed by atoms with van der Waals surface area (Å²) in [4.78, 5) is 27.7. The molecule has 3 aliphatic heterocycles. The quantitative estimate of drug-likeness (QED) is 0.149. The van der Waals surface area contributed by atoms with Crippen molar-refractivity contribution in [2.45, 2.75) is 135 Å². The zero-order valence-electron chi connectivity index (χ0n) is 24.3. The molecule has 0 aromatic carbocycles. The molecule has 3 aliphatic rings. The number of thioether (sulfide) groups is 1. The summed E-state index contributed by atoms with van der Waals surface area (Å²) < 4.78 is 18.9. The molecule has 2 fully saturated rings. The van der Waals surface area contributed by atoms with Crippen LogP contribution in [-0.2, 0) is 19.0 Å². The Morgan fingerprint density at radius 1 is 1.08 bits per heavy atom. The van der Waals surface area contributed by atoms with Gasteiger partial charge in [-0.2, -0.15) is 0 Å². The van der Waals surface area contributed by atoms with Crippen molar-refractivity contribution >= 4 is 23.0 Å². The van der Waals surface area contributed by atoms with E-state index in [9.17, 15) is 9.59 Å². The van der Waals surface area contributed by atoms with Crippen LogP contribution in [0.5, 0.6) is 0 Å². The summed E-state index contributed by atoms with van der Waals surface area (Å²) in [7, 11) is 1.68. The highest BCUT2D eigenvalue weighted by Crippen LogP contribution is 2.42. The van der Waals surface area contributed by atoms with Crippen molar-refractivity contribution in [3.8, 4) is 0 Å². The van der Waals surface area contributed by atoms with Crippen molar-refractivity contribution in [2.24, 2.45) is 5.92 Å². The Bertz CT molecular complexity index is 814. The average molecular weight is 550 g/mol. The van der Waals surface area contributed by atoms with E-state index in [1.807, 2.05) is 11.8 Å². The molecular formula is C31H51NO5S. The van der Waals surface area contributed by atoms with Crippen LogP contribution in [0.1, 0.15) is 111 Å². The van der Waals surface area contributed by atoms with E-state index in [4.69, 9.17) is 14.2 Å². The van der Waals surface area contributed by atoms with Gasteiger partial charge in [0.25, 0.3) is 5.24 Å². The molecule has 1 amide bonds. The Balaban J connectivity index is 1.69. The number of amides is 1. The number of esters is 1. The Kier molecular flexibility index (Phi) is 13.2. The SMILES string of the molecule is CCCCCCCCCCN1C(=O)SC[C@H]1[C@@]1(OC)C[C@H]2C[C@@H](CC[C@H](C)/C=C\CC/C(C)=C\C(=O)O2)O1. The Morgan fingerprint density at radius 2 is 1.82 bits per heavy atom. The van der Waals surface area contributed by atoms with Gasteiger partial charge < -0.3 is 19.1 Å². The number of ether oxygens (including phenoxy) is 3. The normalized spacial score (nSPS) is 33.4. The predicted octanol–water partition coefficient (Wildman–Crippen LogP) is 7.81. The molecule has 0 N–H and O–H groups in total. The van der Waals surface area contributed by atoms with Gasteiger partial charge >= 0.3 is 5.97 Å².